The molecule has 1 atom stereocenters. The van der Waals surface area contributed by atoms with E-state index < -0.39 is 39.0 Å². The molecule has 1 aromatic rings. The van der Waals surface area contributed by atoms with Crippen LogP contribution in [0.15, 0.2) is 29.8 Å². The van der Waals surface area contributed by atoms with Crippen molar-refractivity contribution in [3.05, 3.63) is 45.5 Å². The van der Waals surface area contributed by atoms with E-state index >= 15 is 0 Å². The Hall–Kier alpha value is -1.29. The number of carbonyl (C=O) groups is 2. The summed E-state index contributed by atoms with van der Waals surface area (Å²) < 4.78 is 37.1. The lowest BCUT2D eigenvalue weighted by Gasteiger charge is -2.24. The molecule has 7 nitrogen and oxygen atoms in total. The van der Waals surface area contributed by atoms with E-state index in [9.17, 15) is 18.0 Å². The molecule has 1 aromatic carbocycles. The van der Waals surface area contributed by atoms with Gasteiger partial charge in [0.25, 0.3) is 5.78 Å². The first-order chi connectivity index (χ1) is 12.5. The number of halogens is 3. The van der Waals surface area contributed by atoms with Crippen LogP contribution < -0.4 is 4.72 Å². The van der Waals surface area contributed by atoms with Crippen LogP contribution >= 0.6 is 39.1 Å². The number of hydrogen-bond donors (Lipinski definition) is 1. The molecule has 0 fully saturated rings. The molecule has 1 heterocycles. The summed E-state index contributed by atoms with van der Waals surface area (Å²) in [5, 5.41) is 0.994. The van der Waals surface area contributed by atoms with Crippen molar-refractivity contribution in [2.24, 2.45) is 0 Å². The van der Waals surface area contributed by atoms with Gasteiger partial charge in [-0.1, -0.05) is 39.1 Å². The smallest absolute Gasteiger partial charge is 0.308 e. The van der Waals surface area contributed by atoms with Gasteiger partial charge in [0.1, 0.15) is 0 Å². The second kappa shape index (κ2) is 8.38. The molecule has 0 saturated carbocycles. The molecular weight excluding hydrogens is 485 g/mol. The van der Waals surface area contributed by atoms with E-state index in [2.05, 4.69) is 20.7 Å². The van der Waals surface area contributed by atoms with Crippen molar-refractivity contribution < 1.29 is 27.5 Å². The van der Waals surface area contributed by atoms with Crippen molar-refractivity contribution in [2.45, 2.75) is 25.9 Å². The quantitative estimate of drug-likeness (QED) is 0.455. The highest BCUT2D eigenvalue weighted by Gasteiger charge is 2.50. The standard InChI is InChI=1S/C16H16BrCl2NO6S/c1-9(21)25-13-14(22)16(2,10-6-11(18)8-12(19)7-10)26-15(13)20-27(23,24)5-3-4-17/h6-8,20H,3-5H2,1-2H3. The zero-order chi connectivity index (χ0) is 20.4. The fraction of sp³-hybridized carbons (Fsp3) is 0.375. The van der Waals surface area contributed by atoms with Gasteiger partial charge in [0.2, 0.25) is 21.7 Å². The molecule has 0 aliphatic carbocycles. The third-order valence-electron chi connectivity index (χ3n) is 3.61. The number of carbonyl (C=O) groups excluding carboxylic acids is 2. The lowest BCUT2D eigenvalue weighted by Crippen LogP contribution is -2.33. The number of benzene rings is 1. The molecule has 27 heavy (non-hydrogen) atoms. The van der Waals surface area contributed by atoms with Gasteiger partial charge in [-0.05, 0) is 31.5 Å². The number of nitrogens with one attached hydrogen (secondary N) is 1. The highest BCUT2D eigenvalue weighted by atomic mass is 79.9. The van der Waals surface area contributed by atoms with Crippen LogP contribution in [0.1, 0.15) is 25.8 Å². The molecular formula is C16H16BrCl2NO6S. The van der Waals surface area contributed by atoms with E-state index in [0.717, 1.165) is 6.92 Å². The van der Waals surface area contributed by atoms with Crippen LogP contribution in [0.2, 0.25) is 10.0 Å². The van der Waals surface area contributed by atoms with Crippen LogP contribution in [-0.2, 0) is 34.7 Å². The van der Waals surface area contributed by atoms with Crippen molar-refractivity contribution in [3.8, 4) is 0 Å². The van der Waals surface area contributed by atoms with E-state index in [1.54, 1.807) is 0 Å². The number of hydrogen-bond acceptors (Lipinski definition) is 6. The summed E-state index contributed by atoms with van der Waals surface area (Å²) in [4.78, 5) is 24.3. The van der Waals surface area contributed by atoms with Crippen molar-refractivity contribution >= 4 is 60.9 Å². The second-order valence-corrected chi connectivity index (χ2v) is 9.35. The lowest BCUT2D eigenvalue weighted by molar-refractivity contribution is -0.142. The van der Waals surface area contributed by atoms with Gasteiger partial charge in [-0.2, -0.15) is 0 Å². The van der Waals surface area contributed by atoms with Crippen molar-refractivity contribution in [2.75, 3.05) is 11.1 Å². The Morgan fingerprint density at radius 3 is 2.41 bits per heavy atom. The average Bonchev–Trinajstić information content (AvgIpc) is 2.77. The fourth-order valence-electron chi connectivity index (χ4n) is 2.38. The first-order valence-electron chi connectivity index (χ1n) is 7.68. The SMILES string of the molecule is CC(=O)OC1=C(NS(=O)(=O)CCCBr)OC(C)(c2cc(Cl)cc(Cl)c2)C1=O. The summed E-state index contributed by atoms with van der Waals surface area (Å²) in [7, 11) is -3.83. The van der Waals surface area contributed by atoms with Gasteiger partial charge >= 0.3 is 5.97 Å². The Morgan fingerprint density at radius 1 is 1.30 bits per heavy atom. The van der Waals surface area contributed by atoms with Crippen molar-refractivity contribution in [1.82, 2.24) is 4.72 Å². The van der Waals surface area contributed by atoms with Crippen LogP contribution in [-0.4, -0.2) is 31.3 Å². The summed E-state index contributed by atoms with van der Waals surface area (Å²) in [6.07, 6.45) is 0.334. The number of ketones is 1. The Balaban J connectivity index is 2.45. The van der Waals surface area contributed by atoms with E-state index in [4.69, 9.17) is 32.7 Å². The zero-order valence-electron chi connectivity index (χ0n) is 14.3. The zero-order valence-corrected chi connectivity index (χ0v) is 18.3. The average molecular weight is 501 g/mol. The minimum Gasteiger partial charge on any atom is -0.456 e. The van der Waals surface area contributed by atoms with Crippen LogP contribution in [0.5, 0.6) is 0 Å². The van der Waals surface area contributed by atoms with Crippen LogP contribution in [0, 0.1) is 0 Å². The maximum atomic E-state index is 12.9. The number of esters is 1. The summed E-state index contributed by atoms with van der Waals surface area (Å²) in [6.45, 7) is 2.49. The lowest BCUT2D eigenvalue weighted by atomic mass is 9.91. The maximum absolute atomic E-state index is 12.9. The fourth-order valence-corrected chi connectivity index (χ4v) is 4.60. The summed E-state index contributed by atoms with van der Waals surface area (Å²) in [5.41, 5.74) is -1.39. The van der Waals surface area contributed by atoms with E-state index in [1.165, 1.54) is 25.1 Å². The third-order valence-corrected chi connectivity index (χ3v) is 5.93. The van der Waals surface area contributed by atoms with Gasteiger partial charge in [-0.25, -0.2) is 8.42 Å². The second-order valence-electron chi connectivity index (χ2n) is 5.84. The molecule has 0 aromatic heterocycles. The molecule has 11 heteroatoms. The van der Waals surface area contributed by atoms with Crippen LogP contribution in [0.3, 0.4) is 0 Å². The third kappa shape index (κ3) is 5.16. The van der Waals surface area contributed by atoms with Gasteiger partial charge in [-0.3, -0.25) is 14.3 Å². The van der Waals surface area contributed by atoms with Gasteiger partial charge in [0.05, 0.1) is 5.75 Å². The topological polar surface area (TPSA) is 98.8 Å². The molecule has 1 aliphatic rings. The minimum atomic E-state index is -3.83. The first kappa shape index (κ1) is 22.0. The molecule has 0 saturated heterocycles. The number of alkyl halides is 1. The Kier molecular flexibility index (Phi) is 6.83. The molecule has 0 spiro atoms. The van der Waals surface area contributed by atoms with Gasteiger partial charge in [0, 0.05) is 27.9 Å². The number of sulfonamides is 1. The first-order valence-corrected chi connectivity index (χ1v) is 11.2. The maximum Gasteiger partial charge on any atom is 0.308 e. The normalized spacial score (nSPS) is 19.8. The largest absolute Gasteiger partial charge is 0.456 e. The molecule has 1 aliphatic heterocycles. The Bertz CT molecular complexity index is 897. The molecule has 2 rings (SSSR count). The molecule has 1 unspecified atom stereocenters. The van der Waals surface area contributed by atoms with E-state index in [1.807, 2.05) is 0 Å². The predicted molar refractivity (Wildman–Crippen MR) is 104 cm³/mol. The number of Topliss-reactive ketones (excluding diaryl/α,β-unsaturated/α-hetero) is 1. The van der Waals surface area contributed by atoms with Crippen LogP contribution in [0.25, 0.3) is 0 Å². The Labute approximate surface area is 175 Å². The summed E-state index contributed by atoms with van der Waals surface area (Å²) >= 11 is 15.1. The van der Waals surface area contributed by atoms with Crippen LogP contribution in [0.4, 0.5) is 0 Å². The van der Waals surface area contributed by atoms with Crippen molar-refractivity contribution in [3.63, 3.8) is 0 Å². The molecule has 0 amide bonds. The Morgan fingerprint density at radius 2 is 1.89 bits per heavy atom. The van der Waals surface area contributed by atoms with E-state index in [0.29, 0.717) is 11.8 Å². The number of ether oxygens (including phenoxy) is 2. The van der Waals surface area contributed by atoms with Gasteiger partial charge < -0.3 is 9.47 Å². The van der Waals surface area contributed by atoms with Crippen molar-refractivity contribution in [1.29, 1.82) is 0 Å². The summed E-state index contributed by atoms with van der Waals surface area (Å²) in [5.74, 6) is -2.74. The highest BCUT2D eigenvalue weighted by molar-refractivity contribution is 9.09. The molecule has 1 N–H and O–H groups in total. The summed E-state index contributed by atoms with van der Waals surface area (Å²) in [6, 6.07) is 4.39. The van der Waals surface area contributed by atoms with Gasteiger partial charge in [0.15, 0.2) is 5.60 Å². The predicted octanol–water partition coefficient (Wildman–Crippen LogP) is 3.24. The molecule has 148 valence electrons. The monoisotopic (exact) mass is 499 g/mol. The molecule has 0 radical (unpaired) electrons. The number of rotatable bonds is 7. The molecule has 0 bridgehead atoms. The van der Waals surface area contributed by atoms with E-state index in [-0.39, 0.29) is 21.4 Å². The minimum absolute atomic E-state index is 0.216. The highest BCUT2D eigenvalue weighted by Crippen LogP contribution is 2.40. The van der Waals surface area contributed by atoms with Gasteiger partial charge in [-0.15, -0.1) is 0 Å².